The molecule has 1 aromatic carbocycles. The maximum atomic E-state index is 5.91. The molecule has 2 rings (SSSR count). The fourth-order valence-electron chi connectivity index (χ4n) is 1.32. The molecule has 1 aliphatic heterocycles. The van der Waals surface area contributed by atoms with E-state index in [0.29, 0.717) is 17.2 Å². The van der Waals surface area contributed by atoms with Gasteiger partial charge in [-0.2, -0.15) is 0 Å². The summed E-state index contributed by atoms with van der Waals surface area (Å²) in [5.41, 5.74) is 0.893. The minimum absolute atomic E-state index is 0.460. The maximum Gasteiger partial charge on any atom is 0.122 e. The Labute approximate surface area is 78.9 Å². The summed E-state index contributed by atoms with van der Waals surface area (Å²) in [5, 5.41) is -0.432. The van der Waals surface area contributed by atoms with Crippen LogP contribution in [0.3, 0.4) is 0 Å². The van der Waals surface area contributed by atoms with Gasteiger partial charge in [0.2, 0.25) is 0 Å². The fourth-order valence-corrected chi connectivity index (χ4v) is 1.56. The molecular formula is C8H5B2ClO. The van der Waals surface area contributed by atoms with E-state index in [1.165, 1.54) is 0 Å². The van der Waals surface area contributed by atoms with Crippen molar-refractivity contribution in [2.75, 3.05) is 0 Å². The summed E-state index contributed by atoms with van der Waals surface area (Å²) in [7, 11) is 11.2. The molecule has 1 aliphatic rings. The van der Waals surface area contributed by atoms with Gasteiger partial charge in [0.1, 0.15) is 21.4 Å². The number of benzene rings is 1. The summed E-state index contributed by atoms with van der Waals surface area (Å²) >= 11 is 5.91. The van der Waals surface area contributed by atoms with Crippen molar-refractivity contribution in [1.82, 2.24) is 0 Å². The molecule has 4 heteroatoms. The highest BCUT2D eigenvalue weighted by Gasteiger charge is 2.29. The molecule has 1 nitrogen and oxygen atoms in total. The van der Waals surface area contributed by atoms with Crippen molar-refractivity contribution in [2.24, 2.45) is 0 Å². The van der Waals surface area contributed by atoms with Crippen LogP contribution in [0, 0.1) is 0 Å². The van der Waals surface area contributed by atoms with Crippen LogP contribution >= 0.6 is 11.6 Å². The second-order valence-electron chi connectivity index (χ2n) is 2.95. The van der Waals surface area contributed by atoms with E-state index in [-0.39, 0.29) is 0 Å². The molecule has 0 aliphatic carbocycles. The largest absolute Gasteiger partial charge is 0.506 e. The van der Waals surface area contributed by atoms with Crippen molar-refractivity contribution in [1.29, 1.82) is 0 Å². The van der Waals surface area contributed by atoms with E-state index in [1.807, 2.05) is 12.1 Å². The molecule has 0 saturated heterocycles. The van der Waals surface area contributed by atoms with Crippen LogP contribution in [0.5, 0.6) is 5.75 Å². The first kappa shape index (κ1) is 8.06. The van der Waals surface area contributed by atoms with Crippen LogP contribution in [0.1, 0.15) is 5.56 Å². The fraction of sp³-hybridized carbons (Fsp3) is 0.250. The second kappa shape index (κ2) is 2.46. The third-order valence-corrected chi connectivity index (χ3v) is 2.18. The standard InChI is InChI=1S/C8H5B2ClO/c9-8(10)4-5-6(11)2-1-3-7(5)12-8/h1-3H,4H2. The molecule has 12 heavy (non-hydrogen) atoms. The highest BCUT2D eigenvalue weighted by molar-refractivity contribution is 6.40. The van der Waals surface area contributed by atoms with E-state index in [0.717, 1.165) is 5.56 Å². The van der Waals surface area contributed by atoms with Gasteiger partial charge in [-0.05, 0) is 18.6 Å². The normalized spacial score (nSPS) is 18.4. The van der Waals surface area contributed by atoms with E-state index in [9.17, 15) is 0 Å². The van der Waals surface area contributed by atoms with Crippen LogP contribution in [-0.4, -0.2) is 21.1 Å². The van der Waals surface area contributed by atoms with Gasteiger partial charge in [0.25, 0.3) is 0 Å². The topological polar surface area (TPSA) is 9.23 Å². The Morgan fingerprint density at radius 2 is 2.17 bits per heavy atom. The van der Waals surface area contributed by atoms with Crippen molar-refractivity contribution in [3.05, 3.63) is 28.8 Å². The number of rotatable bonds is 0. The van der Waals surface area contributed by atoms with Crippen molar-refractivity contribution < 1.29 is 4.74 Å². The molecule has 4 radical (unpaired) electrons. The van der Waals surface area contributed by atoms with E-state index in [2.05, 4.69) is 0 Å². The van der Waals surface area contributed by atoms with Crippen LogP contribution in [0.25, 0.3) is 0 Å². The first-order chi connectivity index (χ1) is 5.58. The molecule has 0 unspecified atom stereocenters. The van der Waals surface area contributed by atoms with Gasteiger partial charge in [0, 0.05) is 16.0 Å². The number of fused-ring (bicyclic) bond motifs is 1. The molecule has 0 spiro atoms. The lowest BCUT2D eigenvalue weighted by atomic mass is 9.63. The number of halogens is 1. The predicted molar refractivity (Wildman–Crippen MR) is 50.0 cm³/mol. The average molecular weight is 174 g/mol. The summed E-state index contributed by atoms with van der Waals surface area (Å²) in [4.78, 5) is 0. The van der Waals surface area contributed by atoms with Gasteiger partial charge >= 0.3 is 0 Å². The smallest absolute Gasteiger partial charge is 0.122 e. The van der Waals surface area contributed by atoms with Crippen LogP contribution in [0.4, 0.5) is 0 Å². The monoisotopic (exact) mass is 174 g/mol. The zero-order chi connectivity index (χ0) is 8.77. The third kappa shape index (κ3) is 1.22. The third-order valence-electron chi connectivity index (χ3n) is 1.83. The van der Waals surface area contributed by atoms with Gasteiger partial charge in [0.05, 0.1) is 0 Å². The molecule has 1 aromatic rings. The summed E-state index contributed by atoms with van der Waals surface area (Å²) in [6.45, 7) is 0. The van der Waals surface area contributed by atoms with E-state index < -0.39 is 5.40 Å². The molecule has 0 bridgehead atoms. The zero-order valence-electron chi connectivity index (χ0n) is 6.38. The lowest BCUT2D eigenvalue weighted by Gasteiger charge is -2.18. The van der Waals surface area contributed by atoms with Crippen molar-refractivity contribution >= 4 is 27.3 Å². The maximum absolute atomic E-state index is 5.91. The Balaban J connectivity index is 2.48. The molecule has 0 amide bonds. The number of hydrogen-bond acceptors (Lipinski definition) is 1. The van der Waals surface area contributed by atoms with Crippen LogP contribution < -0.4 is 4.74 Å². The highest BCUT2D eigenvalue weighted by atomic mass is 35.5. The van der Waals surface area contributed by atoms with Gasteiger partial charge < -0.3 is 4.74 Å². The van der Waals surface area contributed by atoms with Crippen molar-refractivity contribution in [3.8, 4) is 5.75 Å². The van der Waals surface area contributed by atoms with Crippen molar-refractivity contribution in [3.63, 3.8) is 0 Å². The molecule has 0 fully saturated rings. The first-order valence-electron chi connectivity index (χ1n) is 3.63. The molecular weight excluding hydrogens is 169 g/mol. The lowest BCUT2D eigenvalue weighted by Crippen LogP contribution is -2.34. The number of ether oxygens (including phenoxy) is 1. The lowest BCUT2D eigenvalue weighted by molar-refractivity contribution is 0.274. The molecule has 1 heterocycles. The molecule has 56 valence electrons. The van der Waals surface area contributed by atoms with Crippen LogP contribution in [0.15, 0.2) is 18.2 Å². The molecule has 0 saturated carbocycles. The summed E-state index contributed by atoms with van der Waals surface area (Å²) < 4.78 is 5.25. The van der Waals surface area contributed by atoms with E-state index in [4.69, 9.17) is 32.0 Å². The van der Waals surface area contributed by atoms with Crippen LogP contribution in [0.2, 0.25) is 5.02 Å². The summed E-state index contributed by atoms with van der Waals surface area (Å²) in [6.07, 6.45) is 0.460. The van der Waals surface area contributed by atoms with E-state index >= 15 is 0 Å². The second-order valence-corrected chi connectivity index (χ2v) is 3.36. The van der Waals surface area contributed by atoms with Gasteiger partial charge in [-0.1, -0.05) is 17.7 Å². The first-order valence-corrected chi connectivity index (χ1v) is 4.00. The zero-order valence-corrected chi connectivity index (χ0v) is 7.14. The SMILES string of the molecule is [B]C1([B])Cc2c(Cl)cccc2O1. The molecule has 0 atom stereocenters. The summed E-state index contributed by atoms with van der Waals surface area (Å²) in [5.74, 6) is 0.688. The summed E-state index contributed by atoms with van der Waals surface area (Å²) in [6, 6.07) is 5.41. The van der Waals surface area contributed by atoms with E-state index in [1.54, 1.807) is 6.07 Å². The Morgan fingerprint density at radius 3 is 2.83 bits per heavy atom. The van der Waals surface area contributed by atoms with Crippen molar-refractivity contribution in [2.45, 2.75) is 11.8 Å². The Hall–Kier alpha value is -0.560. The van der Waals surface area contributed by atoms with Gasteiger partial charge in [-0.15, -0.1) is 0 Å². The molecule has 0 N–H and O–H groups in total. The quantitative estimate of drug-likeness (QED) is 0.538. The Kier molecular flexibility index (Phi) is 1.65. The van der Waals surface area contributed by atoms with Crippen LogP contribution in [-0.2, 0) is 6.42 Å². The molecule has 0 aromatic heterocycles. The Morgan fingerprint density at radius 1 is 1.42 bits per heavy atom. The van der Waals surface area contributed by atoms with Gasteiger partial charge in [-0.3, -0.25) is 0 Å². The predicted octanol–water partition coefficient (Wildman–Crippen LogP) is 1.27. The minimum Gasteiger partial charge on any atom is -0.506 e. The number of hydrogen-bond donors (Lipinski definition) is 0. The van der Waals surface area contributed by atoms with Gasteiger partial charge in [-0.25, -0.2) is 0 Å². The highest BCUT2D eigenvalue weighted by Crippen LogP contribution is 2.36. The van der Waals surface area contributed by atoms with Gasteiger partial charge in [0.15, 0.2) is 0 Å². The minimum atomic E-state index is -1.09. The Bertz CT molecular complexity index is 325. The average Bonchev–Trinajstić information content (AvgIpc) is 2.25.